The van der Waals surface area contributed by atoms with E-state index < -0.39 is 0 Å². The van der Waals surface area contributed by atoms with Crippen molar-refractivity contribution in [3.8, 4) is 0 Å². The molecular weight excluding hydrogens is 208 g/mol. The molecule has 0 aliphatic carbocycles. The molecule has 78 valence electrons. The van der Waals surface area contributed by atoms with Crippen molar-refractivity contribution in [1.82, 2.24) is 0 Å². The first-order valence-corrected chi connectivity index (χ1v) is 5.70. The molecule has 0 radical (unpaired) electrons. The van der Waals surface area contributed by atoms with Crippen molar-refractivity contribution >= 4 is 27.4 Å². The van der Waals surface area contributed by atoms with Crippen LogP contribution in [0.25, 0.3) is 10.1 Å². The van der Waals surface area contributed by atoms with Gasteiger partial charge in [0.1, 0.15) is 6.10 Å². The summed E-state index contributed by atoms with van der Waals surface area (Å²) in [7, 11) is 0. The molecular formula is C12H12O2S. The molecule has 2 aromatic rings. The van der Waals surface area contributed by atoms with Crippen molar-refractivity contribution < 1.29 is 9.53 Å². The summed E-state index contributed by atoms with van der Waals surface area (Å²) in [5.74, 6) is -0.238. The Balaban J connectivity index is 2.39. The lowest BCUT2D eigenvalue weighted by molar-refractivity contribution is -0.145. The number of fused-ring (bicyclic) bond motifs is 1. The maximum Gasteiger partial charge on any atom is 0.303 e. The number of carbonyl (C=O) groups is 1. The molecule has 0 aliphatic rings. The van der Waals surface area contributed by atoms with Gasteiger partial charge in [0.25, 0.3) is 0 Å². The van der Waals surface area contributed by atoms with E-state index in [1.165, 1.54) is 17.0 Å². The molecule has 1 aromatic heterocycles. The highest BCUT2D eigenvalue weighted by molar-refractivity contribution is 7.17. The first kappa shape index (κ1) is 10.2. The van der Waals surface area contributed by atoms with E-state index >= 15 is 0 Å². The molecule has 15 heavy (non-hydrogen) atoms. The highest BCUT2D eigenvalue weighted by Gasteiger charge is 2.13. The zero-order chi connectivity index (χ0) is 10.8. The first-order valence-electron chi connectivity index (χ1n) is 4.82. The largest absolute Gasteiger partial charge is 0.458 e. The lowest BCUT2D eigenvalue weighted by atomic mass is 10.1. The number of esters is 1. The highest BCUT2D eigenvalue weighted by Crippen LogP contribution is 2.31. The van der Waals surface area contributed by atoms with Crippen LogP contribution >= 0.6 is 11.3 Å². The van der Waals surface area contributed by atoms with Crippen molar-refractivity contribution in [2.24, 2.45) is 0 Å². The van der Waals surface area contributed by atoms with Crippen LogP contribution in [0.2, 0.25) is 0 Å². The monoisotopic (exact) mass is 220 g/mol. The van der Waals surface area contributed by atoms with E-state index in [1.54, 1.807) is 11.3 Å². The summed E-state index contributed by atoms with van der Waals surface area (Å²) in [6, 6.07) is 8.14. The molecule has 2 rings (SSSR count). The van der Waals surface area contributed by atoms with Crippen LogP contribution in [-0.2, 0) is 9.53 Å². The van der Waals surface area contributed by atoms with Crippen molar-refractivity contribution in [3.63, 3.8) is 0 Å². The summed E-state index contributed by atoms with van der Waals surface area (Å²) in [5.41, 5.74) is 1.09. The Bertz CT molecular complexity index is 487. The minimum atomic E-state index is -0.238. The first-order chi connectivity index (χ1) is 7.18. The molecule has 0 saturated carbocycles. The number of thiophene rings is 1. The van der Waals surface area contributed by atoms with Crippen molar-refractivity contribution in [3.05, 3.63) is 35.2 Å². The molecule has 0 fully saturated rings. The zero-order valence-corrected chi connectivity index (χ0v) is 9.51. The lowest BCUT2D eigenvalue weighted by Gasteiger charge is -2.10. The van der Waals surface area contributed by atoms with Gasteiger partial charge in [0.15, 0.2) is 0 Å². The maximum atomic E-state index is 10.9. The van der Waals surface area contributed by atoms with Gasteiger partial charge in [-0.3, -0.25) is 4.79 Å². The minimum Gasteiger partial charge on any atom is -0.458 e. The molecule has 0 aliphatic heterocycles. The predicted octanol–water partition coefficient (Wildman–Crippen LogP) is 3.53. The number of benzene rings is 1. The summed E-state index contributed by atoms with van der Waals surface area (Å²) in [4.78, 5) is 10.9. The molecule has 0 amide bonds. The fourth-order valence-electron chi connectivity index (χ4n) is 1.63. The van der Waals surface area contributed by atoms with E-state index in [9.17, 15) is 4.79 Å². The molecule has 3 heteroatoms. The number of hydrogen-bond donors (Lipinski definition) is 0. The van der Waals surface area contributed by atoms with Gasteiger partial charge in [-0.15, -0.1) is 11.3 Å². The standard InChI is InChI=1S/C12H12O2S/c1-8(14-9(2)13)11-7-15-12-6-4-3-5-10(11)12/h3-8H,1-2H3/t8-/m1/s1. The van der Waals surface area contributed by atoms with E-state index in [-0.39, 0.29) is 12.1 Å². The van der Waals surface area contributed by atoms with E-state index in [1.807, 2.05) is 19.1 Å². The Hall–Kier alpha value is -1.35. The Kier molecular flexibility index (Phi) is 2.73. The Labute approximate surface area is 92.5 Å². The summed E-state index contributed by atoms with van der Waals surface area (Å²) >= 11 is 1.68. The van der Waals surface area contributed by atoms with E-state index in [0.717, 1.165) is 5.56 Å². The second-order valence-corrected chi connectivity index (χ2v) is 4.35. The predicted molar refractivity (Wildman–Crippen MR) is 62.0 cm³/mol. The van der Waals surface area contributed by atoms with Crippen LogP contribution in [0.3, 0.4) is 0 Å². The number of hydrogen-bond acceptors (Lipinski definition) is 3. The summed E-state index contributed by atoms with van der Waals surface area (Å²) in [6.07, 6.45) is -0.168. The van der Waals surface area contributed by atoms with Gasteiger partial charge in [0.05, 0.1) is 0 Å². The fraction of sp³-hybridized carbons (Fsp3) is 0.250. The molecule has 0 N–H and O–H groups in total. The number of rotatable bonds is 2. The zero-order valence-electron chi connectivity index (χ0n) is 8.69. The summed E-state index contributed by atoms with van der Waals surface area (Å²) in [6.45, 7) is 3.33. The third-order valence-electron chi connectivity index (χ3n) is 2.29. The van der Waals surface area contributed by atoms with Crippen molar-refractivity contribution in [2.75, 3.05) is 0 Å². The normalized spacial score (nSPS) is 12.7. The average molecular weight is 220 g/mol. The van der Waals surface area contributed by atoms with Crippen LogP contribution in [0.1, 0.15) is 25.5 Å². The Morgan fingerprint density at radius 3 is 2.87 bits per heavy atom. The number of ether oxygens (including phenoxy) is 1. The Morgan fingerprint density at radius 2 is 2.13 bits per heavy atom. The van der Waals surface area contributed by atoms with E-state index in [4.69, 9.17) is 4.74 Å². The van der Waals surface area contributed by atoms with Crippen molar-refractivity contribution in [1.29, 1.82) is 0 Å². The second-order valence-electron chi connectivity index (χ2n) is 3.44. The molecule has 0 bridgehead atoms. The van der Waals surface area contributed by atoms with Gasteiger partial charge in [-0.2, -0.15) is 0 Å². The van der Waals surface area contributed by atoms with Gasteiger partial charge in [-0.05, 0) is 23.8 Å². The molecule has 0 unspecified atom stereocenters. The third kappa shape index (κ3) is 2.02. The SMILES string of the molecule is CC(=O)O[C@H](C)c1csc2ccccc12. The van der Waals surface area contributed by atoms with Crippen LogP contribution in [0.4, 0.5) is 0 Å². The molecule has 1 aromatic carbocycles. The fourth-order valence-corrected chi connectivity index (χ4v) is 2.67. The van der Waals surface area contributed by atoms with Gasteiger partial charge in [0.2, 0.25) is 0 Å². The van der Waals surface area contributed by atoms with Crippen LogP contribution in [0.15, 0.2) is 29.6 Å². The van der Waals surface area contributed by atoms with Crippen LogP contribution in [0.5, 0.6) is 0 Å². The highest BCUT2D eigenvalue weighted by atomic mass is 32.1. The van der Waals surface area contributed by atoms with Gasteiger partial charge in [-0.25, -0.2) is 0 Å². The number of carbonyl (C=O) groups excluding carboxylic acids is 1. The summed E-state index contributed by atoms with van der Waals surface area (Å²) in [5, 5.41) is 3.23. The smallest absolute Gasteiger partial charge is 0.303 e. The molecule has 1 heterocycles. The Morgan fingerprint density at radius 1 is 1.40 bits per heavy atom. The van der Waals surface area contributed by atoms with Gasteiger partial charge in [-0.1, -0.05) is 18.2 Å². The topological polar surface area (TPSA) is 26.3 Å². The lowest BCUT2D eigenvalue weighted by Crippen LogP contribution is -2.03. The van der Waals surface area contributed by atoms with E-state index in [2.05, 4.69) is 17.5 Å². The molecule has 0 saturated heterocycles. The minimum absolute atomic E-state index is 0.168. The molecule has 1 atom stereocenters. The van der Waals surface area contributed by atoms with Crippen LogP contribution < -0.4 is 0 Å². The van der Waals surface area contributed by atoms with Gasteiger partial charge >= 0.3 is 5.97 Å². The second kappa shape index (κ2) is 4.03. The van der Waals surface area contributed by atoms with Gasteiger partial charge in [0, 0.05) is 17.2 Å². The maximum absolute atomic E-state index is 10.9. The van der Waals surface area contributed by atoms with Crippen molar-refractivity contribution in [2.45, 2.75) is 20.0 Å². The van der Waals surface area contributed by atoms with Crippen LogP contribution in [0, 0.1) is 0 Å². The quantitative estimate of drug-likeness (QED) is 0.724. The van der Waals surface area contributed by atoms with Crippen LogP contribution in [-0.4, -0.2) is 5.97 Å². The summed E-state index contributed by atoms with van der Waals surface area (Å²) < 4.78 is 6.40. The molecule has 2 nitrogen and oxygen atoms in total. The molecule has 0 spiro atoms. The van der Waals surface area contributed by atoms with E-state index in [0.29, 0.717) is 0 Å². The van der Waals surface area contributed by atoms with Gasteiger partial charge < -0.3 is 4.74 Å². The average Bonchev–Trinajstić information content (AvgIpc) is 2.59. The third-order valence-corrected chi connectivity index (χ3v) is 3.27.